The maximum absolute atomic E-state index is 5.97. The van der Waals surface area contributed by atoms with E-state index in [0.29, 0.717) is 0 Å². The van der Waals surface area contributed by atoms with Gasteiger partial charge in [0.25, 0.3) is 0 Å². The van der Waals surface area contributed by atoms with Crippen molar-refractivity contribution >= 4 is 21.5 Å². The van der Waals surface area contributed by atoms with Crippen LogP contribution in [-0.2, 0) is 49.9 Å². The average molecular weight is 650 g/mol. The van der Waals surface area contributed by atoms with Crippen LogP contribution in [0, 0.1) is 0 Å². The van der Waals surface area contributed by atoms with E-state index in [2.05, 4.69) is 140 Å². The Morgan fingerprint density at radius 2 is 0.953 bits per heavy atom. The van der Waals surface area contributed by atoms with Crippen molar-refractivity contribution in [2.45, 2.75) is 91.9 Å². The van der Waals surface area contributed by atoms with E-state index >= 15 is 0 Å². The topological polar surface area (TPSA) is 26.3 Å². The van der Waals surface area contributed by atoms with Crippen LogP contribution in [0.15, 0.2) is 93.8 Å². The van der Waals surface area contributed by atoms with Crippen molar-refractivity contribution in [2.24, 2.45) is 0 Å². The number of furan rings is 2. The van der Waals surface area contributed by atoms with E-state index in [4.69, 9.17) is 8.83 Å². The summed E-state index contributed by atoms with van der Waals surface area (Å²) in [5, 5.41) is 5.28. The smallest absolute Gasteiger partial charge is 0.496 e. The van der Waals surface area contributed by atoms with Gasteiger partial charge in [0.15, 0.2) is 0 Å². The van der Waals surface area contributed by atoms with Crippen LogP contribution in [0.5, 0.6) is 0 Å². The summed E-state index contributed by atoms with van der Waals surface area (Å²) in [5.74, 6) is 4.12. The molecule has 4 aromatic carbocycles. The Labute approximate surface area is 277 Å². The molecular formula is C40H46O2Zr. The zero-order valence-electron chi connectivity index (χ0n) is 27.2. The van der Waals surface area contributed by atoms with Gasteiger partial charge in [0.1, 0.15) is 0 Å². The second-order valence-electron chi connectivity index (χ2n) is 13.6. The van der Waals surface area contributed by atoms with Gasteiger partial charge in [-0.1, -0.05) is 102 Å². The molecule has 0 saturated heterocycles. The molecule has 0 aliphatic carbocycles. The maximum Gasteiger partial charge on any atom is 2.00 e. The van der Waals surface area contributed by atoms with Gasteiger partial charge < -0.3 is 8.83 Å². The maximum atomic E-state index is 5.97. The number of hydrogen-bond donors (Lipinski definition) is 0. The quantitative estimate of drug-likeness (QED) is 0.168. The van der Waals surface area contributed by atoms with Crippen molar-refractivity contribution in [3.8, 4) is 22.6 Å². The summed E-state index contributed by atoms with van der Waals surface area (Å²) in [6, 6.07) is 30.5. The Bertz CT molecular complexity index is 1640. The summed E-state index contributed by atoms with van der Waals surface area (Å²) >= 11 is 0. The third-order valence-electron chi connectivity index (χ3n) is 8.00. The minimum atomic E-state index is 0. The molecule has 6 aromatic rings. The van der Waals surface area contributed by atoms with E-state index in [-0.39, 0.29) is 37.0 Å². The second-order valence-corrected chi connectivity index (χ2v) is 13.6. The molecule has 3 heteroatoms. The summed E-state index contributed by atoms with van der Waals surface area (Å²) in [6.45, 7) is 17.9. The molecule has 0 radical (unpaired) electrons. The van der Waals surface area contributed by atoms with Crippen LogP contribution in [0.4, 0.5) is 0 Å². The Morgan fingerprint density at radius 1 is 0.558 bits per heavy atom. The average Bonchev–Trinajstić information content (AvgIpc) is 3.73. The van der Waals surface area contributed by atoms with Gasteiger partial charge in [-0.3, -0.25) is 0 Å². The summed E-state index contributed by atoms with van der Waals surface area (Å²) in [5.41, 5.74) is 5.47. The van der Waals surface area contributed by atoms with Crippen LogP contribution < -0.4 is 0 Å². The molecule has 0 bridgehead atoms. The van der Waals surface area contributed by atoms with Crippen LogP contribution in [0.25, 0.3) is 44.2 Å². The van der Waals surface area contributed by atoms with Crippen molar-refractivity contribution < 1.29 is 35.0 Å². The Kier molecular flexibility index (Phi) is 10.3. The summed E-state index contributed by atoms with van der Waals surface area (Å²) in [7, 11) is 0. The van der Waals surface area contributed by atoms with Gasteiger partial charge in [0, 0.05) is 12.8 Å². The van der Waals surface area contributed by atoms with Gasteiger partial charge in [-0.25, -0.2) is 0 Å². The van der Waals surface area contributed by atoms with Crippen molar-refractivity contribution in [3.05, 3.63) is 108 Å². The largest absolute Gasteiger partial charge is 2.00 e. The number of hydrogen-bond acceptors (Lipinski definition) is 2. The molecule has 2 aromatic heterocycles. The molecule has 0 fully saturated rings. The molecule has 0 spiro atoms. The normalized spacial score (nSPS) is 11.9. The van der Waals surface area contributed by atoms with E-state index in [0.717, 1.165) is 48.7 Å². The molecule has 0 atom stereocenters. The molecule has 2 nitrogen and oxygen atoms in total. The van der Waals surface area contributed by atoms with E-state index < -0.39 is 0 Å². The molecule has 0 N–H and O–H groups in total. The van der Waals surface area contributed by atoms with Crippen LogP contribution >= 0.6 is 0 Å². The zero-order chi connectivity index (χ0) is 30.1. The minimum absolute atomic E-state index is 0. The molecule has 0 unspecified atom stereocenters. The molecule has 0 aliphatic heterocycles. The first-order valence-corrected chi connectivity index (χ1v) is 15.6. The summed E-state index contributed by atoms with van der Waals surface area (Å²) < 4.78 is 11.9. The van der Waals surface area contributed by atoms with Crippen LogP contribution in [0.2, 0.25) is 0 Å². The number of aryl methyl sites for hydroxylation is 2. The fourth-order valence-corrected chi connectivity index (χ4v) is 5.89. The first kappa shape index (κ1) is 33.0. The predicted molar refractivity (Wildman–Crippen MR) is 180 cm³/mol. The SMILES string of the molecule is CCCc1ccc(-c2cc3c(C(C)(C)C)cccc3[cH-]2)o1.CCCc1ccc(-c2cc3c(C(C)(C)C)cccc3[cH-]2)o1.[Zr+2]. The van der Waals surface area contributed by atoms with Crippen LogP contribution in [0.1, 0.15) is 90.9 Å². The monoisotopic (exact) mass is 648 g/mol. The minimum Gasteiger partial charge on any atom is -0.496 e. The fraction of sp³-hybridized carbons (Fsp3) is 0.350. The third kappa shape index (κ3) is 7.43. The van der Waals surface area contributed by atoms with E-state index in [1.54, 1.807) is 0 Å². The van der Waals surface area contributed by atoms with Gasteiger partial charge >= 0.3 is 26.2 Å². The van der Waals surface area contributed by atoms with Crippen molar-refractivity contribution in [3.63, 3.8) is 0 Å². The Morgan fingerprint density at radius 3 is 1.30 bits per heavy atom. The van der Waals surface area contributed by atoms with Gasteiger partial charge in [0.05, 0.1) is 23.0 Å². The van der Waals surface area contributed by atoms with E-state index in [1.807, 2.05) is 0 Å². The van der Waals surface area contributed by atoms with E-state index in [9.17, 15) is 0 Å². The Balaban J connectivity index is 0.000000192. The Hall–Kier alpha value is -2.90. The standard InChI is InChI=1S/2C20H23O.Zr/c2*1-5-7-16-10-11-19(21-16)15-12-14-8-6-9-18(17(14)13-15)20(2,3)4;/h2*6,8-13H,5,7H2,1-4H3;/q2*-1;+2. The molecule has 0 saturated carbocycles. The third-order valence-corrected chi connectivity index (χ3v) is 8.00. The van der Waals surface area contributed by atoms with Crippen molar-refractivity contribution in [1.29, 1.82) is 0 Å². The van der Waals surface area contributed by atoms with E-state index in [1.165, 1.54) is 43.8 Å². The second kappa shape index (κ2) is 13.4. The van der Waals surface area contributed by atoms with Crippen molar-refractivity contribution in [2.75, 3.05) is 0 Å². The molecule has 0 amide bonds. The number of benzene rings is 2. The molecular weight excluding hydrogens is 604 g/mol. The molecule has 0 aliphatic rings. The van der Waals surface area contributed by atoms with Gasteiger partial charge in [-0.15, -0.1) is 57.9 Å². The van der Waals surface area contributed by atoms with Gasteiger partial charge in [-0.2, -0.15) is 0 Å². The zero-order valence-corrected chi connectivity index (χ0v) is 29.7. The summed E-state index contributed by atoms with van der Waals surface area (Å²) in [6.07, 6.45) is 4.25. The first-order valence-electron chi connectivity index (χ1n) is 15.6. The molecule has 222 valence electrons. The fourth-order valence-electron chi connectivity index (χ4n) is 5.89. The van der Waals surface area contributed by atoms with Crippen molar-refractivity contribution in [1.82, 2.24) is 0 Å². The van der Waals surface area contributed by atoms with Gasteiger partial charge in [0.2, 0.25) is 0 Å². The first-order chi connectivity index (χ1) is 20.0. The summed E-state index contributed by atoms with van der Waals surface area (Å²) in [4.78, 5) is 0. The predicted octanol–water partition coefficient (Wildman–Crippen LogP) is 12.1. The van der Waals surface area contributed by atoms with Crippen LogP contribution in [-0.4, -0.2) is 0 Å². The number of rotatable bonds is 6. The molecule has 2 heterocycles. The number of fused-ring (bicyclic) bond motifs is 2. The molecule has 6 rings (SSSR count). The molecule has 43 heavy (non-hydrogen) atoms. The van der Waals surface area contributed by atoms with Crippen LogP contribution in [0.3, 0.4) is 0 Å². The van der Waals surface area contributed by atoms with Gasteiger partial charge in [-0.05, 0) is 47.9 Å².